The van der Waals surface area contributed by atoms with Crippen LogP contribution in [-0.2, 0) is 4.79 Å². The molecule has 0 saturated heterocycles. The van der Waals surface area contributed by atoms with Gasteiger partial charge in [-0.25, -0.2) is 4.79 Å². The second kappa shape index (κ2) is 5.53. The summed E-state index contributed by atoms with van der Waals surface area (Å²) in [5.41, 5.74) is 0.0285. The fourth-order valence-corrected chi connectivity index (χ4v) is 1.15. The number of aliphatic carboxylic acids is 1. The van der Waals surface area contributed by atoms with Crippen LogP contribution < -0.4 is 5.43 Å². The number of nitro groups is 2. The number of hydrazone groups is 1. The first-order valence-electron chi connectivity index (χ1n) is 4.80. The summed E-state index contributed by atoms with van der Waals surface area (Å²) < 4.78 is 0. The number of carboxylic acids is 1. The molecule has 10 heteroatoms. The van der Waals surface area contributed by atoms with E-state index in [0.717, 1.165) is 6.07 Å². The predicted molar refractivity (Wildman–Crippen MR) is 64.1 cm³/mol. The van der Waals surface area contributed by atoms with Crippen molar-refractivity contribution < 1.29 is 19.7 Å². The third-order valence-corrected chi connectivity index (χ3v) is 2.05. The second-order valence-electron chi connectivity index (χ2n) is 3.30. The Kier molecular flexibility index (Phi) is 4.08. The van der Waals surface area contributed by atoms with Gasteiger partial charge >= 0.3 is 17.3 Å². The first kappa shape index (κ1) is 14.0. The van der Waals surface area contributed by atoms with Gasteiger partial charge in [0.15, 0.2) is 0 Å². The van der Waals surface area contributed by atoms with Crippen molar-refractivity contribution in [1.29, 1.82) is 0 Å². The van der Waals surface area contributed by atoms with Gasteiger partial charge in [-0.15, -0.1) is 0 Å². The highest BCUT2D eigenvalue weighted by atomic mass is 16.6. The van der Waals surface area contributed by atoms with E-state index in [2.05, 4.69) is 10.5 Å². The molecule has 1 aromatic carbocycles. The Labute approximate surface area is 105 Å². The first-order valence-corrected chi connectivity index (χ1v) is 4.80. The predicted octanol–water partition coefficient (Wildman–Crippen LogP) is 1.38. The lowest BCUT2D eigenvalue weighted by Gasteiger charge is -2.02. The van der Waals surface area contributed by atoms with Crippen LogP contribution in [0.4, 0.5) is 17.1 Å². The van der Waals surface area contributed by atoms with E-state index in [4.69, 9.17) is 5.11 Å². The van der Waals surface area contributed by atoms with E-state index >= 15 is 0 Å². The minimum absolute atomic E-state index is 0.264. The molecule has 19 heavy (non-hydrogen) atoms. The summed E-state index contributed by atoms with van der Waals surface area (Å²) >= 11 is 0. The summed E-state index contributed by atoms with van der Waals surface area (Å²) in [4.78, 5) is 30.1. The van der Waals surface area contributed by atoms with Crippen LogP contribution >= 0.6 is 0 Å². The largest absolute Gasteiger partial charge is 0.477 e. The maximum atomic E-state index is 10.8. The SMILES string of the molecule is CC(=NNc1cccc([N+](=O)[O-])c1[N+](=O)[O-])C(=O)O. The zero-order valence-corrected chi connectivity index (χ0v) is 9.56. The van der Waals surface area contributed by atoms with Gasteiger partial charge in [0.05, 0.1) is 9.85 Å². The standard InChI is InChI=1S/C9H8N4O6/c1-5(9(14)15)10-11-6-3-2-4-7(12(16)17)8(6)13(18)19/h2-4,11H,1H3,(H,14,15). The number of para-hydroxylation sites is 1. The summed E-state index contributed by atoms with van der Waals surface area (Å²) in [7, 11) is 0. The molecule has 0 amide bonds. The number of hydrogen-bond donors (Lipinski definition) is 2. The molecule has 10 nitrogen and oxygen atoms in total. The van der Waals surface area contributed by atoms with Crippen LogP contribution in [-0.4, -0.2) is 26.6 Å². The maximum absolute atomic E-state index is 10.8. The highest BCUT2D eigenvalue weighted by Gasteiger charge is 2.28. The molecule has 2 N–H and O–H groups in total. The number of carboxylic acid groups (broad SMARTS) is 1. The van der Waals surface area contributed by atoms with E-state index in [0.29, 0.717) is 0 Å². The number of nitrogens with zero attached hydrogens (tertiary/aromatic N) is 3. The summed E-state index contributed by atoms with van der Waals surface area (Å²) in [5, 5.41) is 33.4. The van der Waals surface area contributed by atoms with Gasteiger partial charge in [-0.05, 0) is 13.0 Å². The monoisotopic (exact) mass is 268 g/mol. The molecule has 0 aliphatic carbocycles. The molecule has 1 aromatic rings. The molecular weight excluding hydrogens is 260 g/mol. The average Bonchev–Trinajstić information content (AvgIpc) is 2.34. The van der Waals surface area contributed by atoms with Gasteiger partial charge in [0, 0.05) is 6.07 Å². The van der Waals surface area contributed by atoms with Crippen molar-refractivity contribution in [1.82, 2.24) is 0 Å². The van der Waals surface area contributed by atoms with Crippen molar-refractivity contribution in [2.75, 3.05) is 5.43 Å². The number of rotatable bonds is 5. The Morgan fingerprint density at radius 2 is 1.95 bits per heavy atom. The topological polar surface area (TPSA) is 148 Å². The van der Waals surface area contributed by atoms with Crippen LogP contribution in [0.2, 0.25) is 0 Å². The van der Waals surface area contributed by atoms with E-state index in [1.165, 1.54) is 19.1 Å². The van der Waals surface area contributed by atoms with Crippen molar-refractivity contribution in [2.45, 2.75) is 6.92 Å². The Morgan fingerprint density at radius 1 is 1.32 bits per heavy atom. The molecule has 0 heterocycles. The molecule has 0 spiro atoms. The van der Waals surface area contributed by atoms with Crippen LogP contribution in [0.15, 0.2) is 23.3 Å². The van der Waals surface area contributed by atoms with Crippen molar-refractivity contribution in [3.05, 3.63) is 38.4 Å². The van der Waals surface area contributed by atoms with Gasteiger partial charge in [-0.1, -0.05) is 6.07 Å². The Balaban J connectivity index is 3.25. The van der Waals surface area contributed by atoms with Crippen molar-refractivity contribution >= 4 is 28.7 Å². The number of carbonyl (C=O) groups is 1. The lowest BCUT2D eigenvalue weighted by Crippen LogP contribution is -2.10. The Morgan fingerprint density at radius 3 is 2.42 bits per heavy atom. The number of nitro benzene ring substituents is 2. The summed E-state index contributed by atoms with van der Waals surface area (Å²) in [6.07, 6.45) is 0. The molecule has 0 saturated carbocycles. The summed E-state index contributed by atoms with van der Waals surface area (Å²) in [6.45, 7) is 1.17. The van der Waals surface area contributed by atoms with Gasteiger partial charge in [0.1, 0.15) is 11.4 Å². The quantitative estimate of drug-likeness (QED) is 0.465. The first-order chi connectivity index (χ1) is 8.84. The van der Waals surface area contributed by atoms with Crippen molar-refractivity contribution in [3.63, 3.8) is 0 Å². The maximum Gasteiger partial charge on any atom is 0.370 e. The summed E-state index contributed by atoms with van der Waals surface area (Å²) in [5.74, 6) is -1.32. The molecule has 100 valence electrons. The van der Waals surface area contributed by atoms with E-state index in [1.807, 2.05) is 0 Å². The molecule has 0 bridgehead atoms. The zero-order chi connectivity index (χ0) is 14.6. The highest BCUT2D eigenvalue weighted by Crippen LogP contribution is 2.34. The molecule has 0 aliphatic heterocycles. The minimum Gasteiger partial charge on any atom is -0.477 e. The highest BCUT2D eigenvalue weighted by molar-refractivity contribution is 6.34. The van der Waals surface area contributed by atoms with Crippen molar-refractivity contribution in [2.24, 2.45) is 5.10 Å². The van der Waals surface area contributed by atoms with Crippen LogP contribution in [0.5, 0.6) is 0 Å². The van der Waals surface area contributed by atoms with E-state index in [-0.39, 0.29) is 11.4 Å². The fourth-order valence-electron chi connectivity index (χ4n) is 1.15. The second-order valence-corrected chi connectivity index (χ2v) is 3.30. The molecular formula is C9H8N4O6. The van der Waals surface area contributed by atoms with Gasteiger partial charge in [0.25, 0.3) is 0 Å². The lowest BCUT2D eigenvalue weighted by atomic mass is 10.2. The Bertz CT molecular complexity index is 582. The normalized spacial score (nSPS) is 10.9. The number of nitrogens with one attached hydrogen (secondary N) is 1. The van der Waals surface area contributed by atoms with E-state index in [1.54, 1.807) is 0 Å². The smallest absolute Gasteiger partial charge is 0.370 e. The number of anilines is 1. The molecule has 0 aliphatic rings. The van der Waals surface area contributed by atoms with Crippen molar-refractivity contribution in [3.8, 4) is 0 Å². The fraction of sp³-hybridized carbons (Fsp3) is 0.111. The third kappa shape index (κ3) is 3.21. The summed E-state index contributed by atoms with van der Waals surface area (Å²) in [6, 6.07) is 3.37. The van der Waals surface area contributed by atoms with Crippen LogP contribution in [0.1, 0.15) is 6.92 Å². The zero-order valence-electron chi connectivity index (χ0n) is 9.56. The average molecular weight is 268 g/mol. The van der Waals surface area contributed by atoms with Crippen LogP contribution in [0.3, 0.4) is 0 Å². The van der Waals surface area contributed by atoms with Gasteiger partial charge in [-0.2, -0.15) is 5.10 Å². The Hall–Kier alpha value is -3.04. The lowest BCUT2D eigenvalue weighted by molar-refractivity contribution is -0.421. The molecule has 0 atom stereocenters. The van der Waals surface area contributed by atoms with Gasteiger partial charge < -0.3 is 5.11 Å². The molecule has 1 rings (SSSR count). The van der Waals surface area contributed by atoms with Crippen LogP contribution in [0, 0.1) is 20.2 Å². The van der Waals surface area contributed by atoms with E-state index in [9.17, 15) is 25.0 Å². The number of hydrogen-bond acceptors (Lipinski definition) is 7. The van der Waals surface area contributed by atoms with Gasteiger partial charge in [0.2, 0.25) is 0 Å². The number of benzene rings is 1. The minimum atomic E-state index is -1.32. The van der Waals surface area contributed by atoms with Gasteiger partial charge in [-0.3, -0.25) is 25.7 Å². The molecule has 0 radical (unpaired) electrons. The third-order valence-electron chi connectivity index (χ3n) is 2.05. The molecule has 0 fully saturated rings. The molecule has 0 unspecified atom stereocenters. The van der Waals surface area contributed by atoms with Crippen LogP contribution in [0.25, 0.3) is 0 Å². The molecule has 0 aromatic heterocycles. The van der Waals surface area contributed by atoms with E-state index < -0.39 is 27.2 Å².